The highest BCUT2D eigenvalue weighted by molar-refractivity contribution is 14.0. The van der Waals surface area contributed by atoms with E-state index in [4.69, 9.17) is 9.47 Å². The molecule has 1 saturated heterocycles. The number of ether oxygens (including phenoxy) is 2. The third-order valence-electron chi connectivity index (χ3n) is 4.35. The van der Waals surface area contributed by atoms with Gasteiger partial charge in [0.2, 0.25) is 0 Å². The second-order valence-electron chi connectivity index (χ2n) is 6.40. The number of nitrogens with one attached hydrogen (secondary N) is 2. The van der Waals surface area contributed by atoms with E-state index >= 15 is 0 Å². The van der Waals surface area contributed by atoms with Crippen molar-refractivity contribution in [3.05, 3.63) is 35.1 Å². The number of rotatable bonds is 9. The first-order valence-corrected chi connectivity index (χ1v) is 9.04. The van der Waals surface area contributed by atoms with Crippen molar-refractivity contribution >= 4 is 29.9 Å². The summed E-state index contributed by atoms with van der Waals surface area (Å²) in [6.45, 7) is 6.75. The number of guanidine groups is 1. The molecule has 5 nitrogen and oxygen atoms in total. The van der Waals surface area contributed by atoms with Crippen LogP contribution in [0, 0.1) is 18.7 Å². The molecule has 2 rings (SSSR count). The lowest BCUT2D eigenvalue weighted by Gasteiger charge is -2.13. The van der Waals surface area contributed by atoms with Gasteiger partial charge in [-0.2, -0.15) is 0 Å². The van der Waals surface area contributed by atoms with E-state index in [1.165, 1.54) is 6.07 Å². The molecule has 148 valence electrons. The van der Waals surface area contributed by atoms with Gasteiger partial charge >= 0.3 is 0 Å². The lowest BCUT2D eigenvalue weighted by atomic mass is 10.1. The van der Waals surface area contributed by atoms with Gasteiger partial charge in [-0.3, -0.25) is 4.99 Å². The van der Waals surface area contributed by atoms with E-state index in [0.717, 1.165) is 75.9 Å². The van der Waals surface area contributed by atoms with Crippen LogP contribution in [-0.2, 0) is 15.9 Å². The van der Waals surface area contributed by atoms with Crippen molar-refractivity contribution in [1.82, 2.24) is 10.6 Å². The molecule has 0 spiro atoms. The molecule has 1 atom stereocenters. The Morgan fingerprint density at radius 3 is 2.85 bits per heavy atom. The molecule has 0 saturated carbocycles. The van der Waals surface area contributed by atoms with Crippen LogP contribution in [0.4, 0.5) is 4.39 Å². The zero-order valence-corrected chi connectivity index (χ0v) is 18.1. The van der Waals surface area contributed by atoms with Gasteiger partial charge in [-0.1, -0.05) is 6.07 Å². The molecule has 0 aromatic heterocycles. The summed E-state index contributed by atoms with van der Waals surface area (Å²) in [5.41, 5.74) is 2.13. The van der Waals surface area contributed by atoms with Crippen molar-refractivity contribution < 1.29 is 13.9 Å². The van der Waals surface area contributed by atoms with Crippen molar-refractivity contribution in [3.63, 3.8) is 0 Å². The van der Waals surface area contributed by atoms with E-state index < -0.39 is 0 Å². The lowest BCUT2D eigenvalue weighted by molar-refractivity contribution is 0.0888. The third kappa shape index (κ3) is 8.64. The van der Waals surface area contributed by atoms with Gasteiger partial charge in [-0.25, -0.2) is 4.39 Å². The molecule has 0 amide bonds. The van der Waals surface area contributed by atoms with Crippen LogP contribution in [0.1, 0.15) is 24.0 Å². The largest absolute Gasteiger partial charge is 0.381 e. The third-order valence-corrected chi connectivity index (χ3v) is 4.35. The van der Waals surface area contributed by atoms with Gasteiger partial charge < -0.3 is 20.1 Å². The lowest BCUT2D eigenvalue weighted by Crippen LogP contribution is -2.39. The summed E-state index contributed by atoms with van der Waals surface area (Å²) in [4.78, 5) is 4.21. The molecular weight excluding hydrogens is 448 g/mol. The maximum Gasteiger partial charge on any atom is 0.190 e. The summed E-state index contributed by atoms with van der Waals surface area (Å²) in [7, 11) is 1.76. The van der Waals surface area contributed by atoms with E-state index in [1.807, 2.05) is 13.0 Å². The quantitative estimate of drug-likeness (QED) is 0.248. The maximum absolute atomic E-state index is 13.1. The highest BCUT2D eigenvalue weighted by Gasteiger charge is 2.15. The summed E-state index contributed by atoms with van der Waals surface area (Å²) in [6, 6.07) is 4.92. The predicted octanol–water partition coefficient (Wildman–Crippen LogP) is 2.90. The van der Waals surface area contributed by atoms with Crippen LogP contribution < -0.4 is 10.6 Å². The van der Waals surface area contributed by atoms with E-state index in [1.54, 1.807) is 13.1 Å². The molecule has 26 heavy (non-hydrogen) atoms. The van der Waals surface area contributed by atoms with E-state index in [9.17, 15) is 4.39 Å². The van der Waals surface area contributed by atoms with Crippen molar-refractivity contribution in [1.29, 1.82) is 0 Å². The molecule has 0 bridgehead atoms. The van der Waals surface area contributed by atoms with Gasteiger partial charge in [0.1, 0.15) is 5.82 Å². The van der Waals surface area contributed by atoms with Crippen LogP contribution in [0.25, 0.3) is 0 Å². The van der Waals surface area contributed by atoms with Crippen molar-refractivity contribution in [3.8, 4) is 0 Å². The van der Waals surface area contributed by atoms with Crippen LogP contribution in [0.5, 0.6) is 0 Å². The molecule has 1 fully saturated rings. The van der Waals surface area contributed by atoms with Crippen molar-refractivity contribution in [2.75, 3.05) is 46.6 Å². The molecule has 1 aliphatic rings. The monoisotopic (exact) mass is 479 g/mol. The SMILES string of the molecule is CN=C(NCCCOCC1CCOC1)NCCc1ccc(F)cc1C.I. The van der Waals surface area contributed by atoms with E-state index in [-0.39, 0.29) is 29.8 Å². The minimum atomic E-state index is -0.186. The summed E-state index contributed by atoms with van der Waals surface area (Å²) in [5, 5.41) is 6.57. The Morgan fingerprint density at radius 1 is 1.35 bits per heavy atom. The molecule has 1 aromatic carbocycles. The van der Waals surface area contributed by atoms with Gasteiger partial charge in [0.05, 0.1) is 13.2 Å². The first-order chi connectivity index (χ1) is 12.2. The maximum atomic E-state index is 13.1. The topological polar surface area (TPSA) is 54.9 Å². The number of halogens is 2. The number of aliphatic imine (C=N–C) groups is 1. The number of aryl methyl sites for hydroxylation is 1. The van der Waals surface area contributed by atoms with Crippen LogP contribution in [0.3, 0.4) is 0 Å². The van der Waals surface area contributed by atoms with Gasteiger partial charge in [-0.05, 0) is 49.4 Å². The molecule has 1 unspecified atom stereocenters. The second kappa shape index (κ2) is 13.3. The standard InChI is InChI=1S/C19H30FN3O2.HI/c1-15-12-18(20)5-4-17(15)6-9-23-19(21-2)22-8-3-10-24-13-16-7-11-25-14-16;/h4-5,12,16H,3,6-11,13-14H2,1-2H3,(H2,21,22,23);1H. The Labute approximate surface area is 173 Å². The Kier molecular flexibility index (Phi) is 11.8. The molecule has 0 radical (unpaired) electrons. The first kappa shape index (κ1) is 23.1. The Bertz CT molecular complexity index is 552. The molecule has 2 N–H and O–H groups in total. The number of hydrogen-bond acceptors (Lipinski definition) is 3. The first-order valence-electron chi connectivity index (χ1n) is 9.04. The minimum absolute atomic E-state index is 0. The molecule has 1 aliphatic heterocycles. The van der Waals surface area contributed by atoms with Gasteiger partial charge in [-0.15, -0.1) is 24.0 Å². The highest BCUT2D eigenvalue weighted by atomic mass is 127. The van der Waals surface area contributed by atoms with Crippen LogP contribution >= 0.6 is 24.0 Å². The Hall–Kier alpha value is -0.930. The van der Waals surface area contributed by atoms with Gasteiger partial charge in [0.25, 0.3) is 0 Å². The average Bonchev–Trinajstić information content (AvgIpc) is 3.11. The summed E-state index contributed by atoms with van der Waals surface area (Å²) in [5.74, 6) is 1.16. The summed E-state index contributed by atoms with van der Waals surface area (Å²) >= 11 is 0. The van der Waals surface area contributed by atoms with E-state index in [0.29, 0.717) is 5.92 Å². The van der Waals surface area contributed by atoms with Crippen molar-refractivity contribution in [2.24, 2.45) is 10.9 Å². The summed E-state index contributed by atoms with van der Waals surface area (Å²) < 4.78 is 24.1. The summed E-state index contributed by atoms with van der Waals surface area (Å²) in [6.07, 6.45) is 2.88. The van der Waals surface area contributed by atoms with E-state index in [2.05, 4.69) is 15.6 Å². The minimum Gasteiger partial charge on any atom is -0.381 e. The van der Waals surface area contributed by atoms with Crippen LogP contribution in [-0.4, -0.2) is 52.5 Å². The fraction of sp³-hybridized carbons (Fsp3) is 0.632. The molecular formula is C19H31FIN3O2. The predicted molar refractivity (Wildman–Crippen MR) is 114 cm³/mol. The normalized spacial score (nSPS) is 17.0. The second-order valence-corrected chi connectivity index (χ2v) is 6.40. The van der Waals surface area contributed by atoms with Crippen LogP contribution in [0.15, 0.2) is 23.2 Å². The highest BCUT2D eigenvalue weighted by Crippen LogP contribution is 2.12. The van der Waals surface area contributed by atoms with Gasteiger partial charge in [0, 0.05) is 39.3 Å². The fourth-order valence-electron chi connectivity index (χ4n) is 2.82. The number of nitrogens with zero attached hydrogens (tertiary/aromatic N) is 1. The van der Waals surface area contributed by atoms with Crippen LogP contribution in [0.2, 0.25) is 0 Å². The van der Waals surface area contributed by atoms with Crippen molar-refractivity contribution in [2.45, 2.75) is 26.2 Å². The Morgan fingerprint density at radius 2 is 2.15 bits per heavy atom. The number of benzene rings is 1. The molecule has 0 aliphatic carbocycles. The average molecular weight is 479 g/mol. The Balaban J connectivity index is 0.00000338. The smallest absolute Gasteiger partial charge is 0.190 e. The molecule has 7 heteroatoms. The van der Waals surface area contributed by atoms with Gasteiger partial charge in [0.15, 0.2) is 5.96 Å². The molecule has 1 aromatic rings. The molecule has 1 heterocycles. The zero-order valence-electron chi connectivity index (χ0n) is 15.7. The zero-order chi connectivity index (χ0) is 17.9. The number of hydrogen-bond donors (Lipinski definition) is 2. The fourth-order valence-corrected chi connectivity index (χ4v) is 2.82.